The van der Waals surface area contributed by atoms with Crippen molar-refractivity contribution in [2.45, 2.75) is 11.8 Å². The average Bonchev–Trinajstić information content (AvgIpc) is 3.15. The number of likely N-dealkylation sites (N-methyl/N-ethyl adjacent to an activating group) is 1. The van der Waals surface area contributed by atoms with Gasteiger partial charge < -0.3 is 0 Å². The van der Waals surface area contributed by atoms with Crippen LogP contribution in [0.4, 0.5) is 0 Å². The van der Waals surface area contributed by atoms with E-state index in [1.54, 1.807) is 0 Å². The number of nitrogens with zero attached hydrogens (tertiary/aromatic N) is 1. The van der Waals surface area contributed by atoms with Gasteiger partial charge in [0.25, 0.3) is 0 Å². The van der Waals surface area contributed by atoms with E-state index in [4.69, 9.17) is 0 Å². The highest BCUT2D eigenvalue weighted by Crippen LogP contribution is 2.58. The maximum Gasteiger partial charge on any atom is 0.0710 e. The molecule has 0 bridgehead atoms. The smallest absolute Gasteiger partial charge is 0.0710 e. The summed E-state index contributed by atoms with van der Waals surface area (Å²) in [5, 5.41) is 0. The van der Waals surface area contributed by atoms with Crippen LogP contribution < -0.4 is 0 Å². The van der Waals surface area contributed by atoms with Crippen LogP contribution in [0.5, 0.6) is 0 Å². The lowest BCUT2D eigenvalue weighted by Crippen LogP contribution is -2.30. The van der Waals surface area contributed by atoms with E-state index in [1.165, 1.54) is 44.5 Å². The molecule has 3 aromatic rings. The molecular formula is C41H37N. The van der Waals surface area contributed by atoms with E-state index < -0.39 is 5.41 Å². The zero-order chi connectivity index (χ0) is 28.9. The van der Waals surface area contributed by atoms with E-state index >= 15 is 0 Å². The van der Waals surface area contributed by atoms with Crippen molar-refractivity contribution in [2.75, 3.05) is 20.1 Å². The highest BCUT2D eigenvalue weighted by Gasteiger charge is 2.48. The molecule has 0 fully saturated rings. The van der Waals surface area contributed by atoms with Crippen LogP contribution in [0, 0.1) is 0 Å². The number of allylic oxidation sites excluding steroid dienone is 14. The van der Waals surface area contributed by atoms with Crippen molar-refractivity contribution >= 4 is 11.1 Å². The summed E-state index contributed by atoms with van der Waals surface area (Å²) < 4.78 is 0. The third-order valence-corrected chi connectivity index (χ3v) is 8.47. The molecule has 0 N–H and O–H groups in total. The molecule has 6 rings (SSSR count). The van der Waals surface area contributed by atoms with Crippen LogP contribution in [-0.2, 0) is 5.41 Å². The molecule has 3 aromatic carbocycles. The summed E-state index contributed by atoms with van der Waals surface area (Å²) in [4.78, 5) is 2.37. The Bertz CT molecular complexity index is 1720. The summed E-state index contributed by atoms with van der Waals surface area (Å²) >= 11 is 0. The minimum atomic E-state index is -0.460. The molecule has 206 valence electrons. The SMILES string of the molecule is C=C1/C=C\C(c2ccccc2)=C/CN(C)CC=C2/C(=C\C1=C)c1ccccc1[C@]2(C1=CC=CCC=C1)c1ccccc1. The third-order valence-electron chi connectivity index (χ3n) is 8.47. The van der Waals surface area contributed by atoms with Crippen molar-refractivity contribution in [2.24, 2.45) is 0 Å². The lowest BCUT2D eigenvalue weighted by atomic mass is 9.66. The summed E-state index contributed by atoms with van der Waals surface area (Å²) in [6.45, 7) is 10.6. The summed E-state index contributed by atoms with van der Waals surface area (Å²) in [5.74, 6) is 0. The third kappa shape index (κ3) is 5.09. The van der Waals surface area contributed by atoms with Crippen LogP contribution in [0.1, 0.15) is 28.7 Å². The summed E-state index contributed by atoms with van der Waals surface area (Å²) in [5.41, 5.74) is 11.3. The lowest BCUT2D eigenvalue weighted by molar-refractivity contribution is 0.411. The van der Waals surface area contributed by atoms with E-state index in [0.29, 0.717) is 0 Å². The van der Waals surface area contributed by atoms with E-state index in [-0.39, 0.29) is 0 Å². The van der Waals surface area contributed by atoms with Gasteiger partial charge in [0.1, 0.15) is 0 Å². The highest BCUT2D eigenvalue weighted by atomic mass is 15.1. The highest BCUT2D eigenvalue weighted by molar-refractivity contribution is 5.96. The van der Waals surface area contributed by atoms with Crippen molar-refractivity contribution < 1.29 is 0 Å². The maximum absolute atomic E-state index is 4.52. The molecule has 0 unspecified atom stereocenters. The van der Waals surface area contributed by atoms with Crippen LogP contribution >= 0.6 is 0 Å². The first kappa shape index (κ1) is 27.4. The molecule has 1 aliphatic heterocycles. The Hall–Kier alpha value is -4.72. The topological polar surface area (TPSA) is 3.24 Å². The molecule has 0 saturated heterocycles. The molecular weight excluding hydrogens is 506 g/mol. The second kappa shape index (κ2) is 12.0. The van der Waals surface area contributed by atoms with E-state index in [1.807, 2.05) is 0 Å². The largest absolute Gasteiger partial charge is 0.299 e. The Labute approximate surface area is 250 Å². The molecule has 0 spiro atoms. The molecule has 0 saturated carbocycles. The Kier molecular flexibility index (Phi) is 7.86. The van der Waals surface area contributed by atoms with Gasteiger partial charge in [0.05, 0.1) is 5.41 Å². The minimum absolute atomic E-state index is 0.460. The number of rotatable bonds is 3. The fourth-order valence-corrected chi connectivity index (χ4v) is 6.31. The van der Waals surface area contributed by atoms with Gasteiger partial charge in [-0.2, -0.15) is 0 Å². The summed E-state index contributed by atoms with van der Waals surface area (Å²) in [6.07, 6.45) is 23.5. The average molecular weight is 544 g/mol. The minimum Gasteiger partial charge on any atom is -0.299 e. The molecule has 0 aromatic heterocycles. The fraction of sp³-hybridized carbons (Fsp3) is 0.122. The molecule has 2 aliphatic carbocycles. The van der Waals surface area contributed by atoms with Gasteiger partial charge in [-0.05, 0) is 75.2 Å². The molecule has 1 atom stereocenters. The molecule has 3 aliphatic rings. The first-order valence-electron chi connectivity index (χ1n) is 14.7. The van der Waals surface area contributed by atoms with Gasteiger partial charge in [0, 0.05) is 13.1 Å². The van der Waals surface area contributed by atoms with Crippen molar-refractivity contribution in [3.05, 3.63) is 203 Å². The Morgan fingerprint density at radius 1 is 0.714 bits per heavy atom. The second-order valence-corrected chi connectivity index (χ2v) is 11.2. The van der Waals surface area contributed by atoms with Gasteiger partial charge in [-0.25, -0.2) is 0 Å². The van der Waals surface area contributed by atoms with Crippen LogP contribution in [0.2, 0.25) is 0 Å². The van der Waals surface area contributed by atoms with Crippen LogP contribution in [-0.4, -0.2) is 25.0 Å². The lowest BCUT2D eigenvalue weighted by Gasteiger charge is -2.35. The number of hydrogen-bond acceptors (Lipinski definition) is 1. The molecule has 1 heterocycles. The zero-order valence-electron chi connectivity index (χ0n) is 24.3. The summed E-state index contributed by atoms with van der Waals surface area (Å²) in [7, 11) is 2.20. The van der Waals surface area contributed by atoms with Crippen molar-refractivity contribution in [3.63, 3.8) is 0 Å². The predicted octanol–water partition coefficient (Wildman–Crippen LogP) is 9.44. The van der Waals surface area contributed by atoms with Crippen LogP contribution in [0.25, 0.3) is 11.1 Å². The first-order chi connectivity index (χ1) is 20.6. The second-order valence-electron chi connectivity index (χ2n) is 11.2. The zero-order valence-corrected chi connectivity index (χ0v) is 24.3. The number of hydrogen-bond donors (Lipinski definition) is 0. The van der Waals surface area contributed by atoms with Crippen molar-refractivity contribution in [3.8, 4) is 0 Å². The van der Waals surface area contributed by atoms with Gasteiger partial charge in [-0.3, -0.25) is 4.90 Å². The number of benzene rings is 3. The molecule has 1 nitrogen and oxygen atoms in total. The Balaban J connectivity index is 1.59. The molecule has 42 heavy (non-hydrogen) atoms. The van der Waals surface area contributed by atoms with E-state index in [2.05, 4.69) is 171 Å². The Morgan fingerprint density at radius 2 is 1.43 bits per heavy atom. The first-order valence-corrected chi connectivity index (χ1v) is 14.7. The standard InChI is InChI=1S/C41H37N/c1-31-24-25-34(33-16-8-6-9-17-33)26-28-42(3)29-27-40-38(30-32(31)2)37-22-14-15-23-39(37)41(40,36-20-12-7-13-21-36)35-18-10-4-5-11-19-35/h4,6-27,30H,1-2,5,28-29H2,3H3/b25-24-,34-26+,38-30-,40-27?/t41-/m0/s1. The molecule has 0 amide bonds. The quantitative estimate of drug-likeness (QED) is 0.318. The van der Waals surface area contributed by atoms with Gasteiger partial charge in [0.2, 0.25) is 0 Å². The van der Waals surface area contributed by atoms with Gasteiger partial charge >= 0.3 is 0 Å². The van der Waals surface area contributed by atoms with E-state index in [9.17, 15) is 0 Å². The number of fused-ring (bicyclic) bond motifs is 3. The monoisotopic (exact) mass is 543 g/mol. The summed E-state index contributed by atoms with van der Waals surface area (Å²) in [6, 6.07) is 30.4. The van der Waals surface area contributed by atoms with E-state index in [0.717, 1.165) is 30.7 Å². The van der Waals surface area contributed by atoms with Gasteiger partial charge in [0.15, 0.2) is 0 Å². The van der Waals surface area contributed by atoms with Gasteiger partial charge in [-0.15, -0.1) is 0 Å². The predicted molar refractivity (Wildman–Crippen MR) is 180 cm³/mol. The Morgan fingerprint density at radius 3 is 2.24 bits per heavy atom. The van der Waals surface area contributed by atoms with Crippen molar-refractivity contribution in [1.82, 2.24) is 4.90 Å². The van der Waals surface area contributed by atoms with Gasteiger partial charge in [-0.1, -0.05) is 153 Å². The normalized spacial score (nSPS) is 24.3. The molecule has 0 radical (unpaired) electrons. The maximum atomic E-state index is 4.52. The van der Waals surface area contributed by atoms with Crippen LogP contribution in [0.15, 0.2) is 181 Å². The van der Waals surface area contributed by atoms with Crippen LogP contribution in [0.3, 0.4) is 0 Å². The molecule has 1 heteroatoms. The van der Waals surface area contributed by atoms with Crippen molar-refractivity contribution in [1.29, 1.82) is 0 Å². The fourth-order valence-electron chi connectivity index (χ4n) is 6.31.